The number of nitrogens with zero attached hydrogens (tertiary/aromatic N) is 1. The fraction of sp³-hybridized carbons (Fsp3) is 0.400. The van der Waals surface area contributed by atoms with Crippen LogP contribution in [0.15, 0.2) is 36.4 Å². The Morgan fingerprint density at radius 2 is 1.52 bits per heavy atom. The average Bonchev–Trinajstić information content (AvgIpc) is 3.12. The van der Waals surface area contributed by atoms with Crippen LogP contribution in [0.5, 0.6) is 0 Å². The van der Waals surface area contributed by atoms with Crippen molar-refractivity contribution >= 4 is 39.9 Å². The molecule has 3 saturated heterocycles. The first kappa shape index (κ1) is 15.4. The molecule has 3 aliphatic heterocycles. The number of hydrogen-bond acceptors (Lipinski definition) is 3. The van der Waals surface area contributed by atoms with Gasteiger partial charge in [-0.3, -0.25) is 9.59 Å². The molecule has 5 rings (SSSR count). The van der Waals surface area contributed by atoms with Crippen molar-refractivity contribution < 1.29 is 14.3 Å². The Labute approximate surface area is 150 Å². The van der Waals surface area contributed by atoms with Gasteiger partial charge in [0.25, 0.3) is 0 Å². The second kappa shape index (κ2) is 4.63. The maximum absolute atomic E-state index is 13.3. The van der Waals surface area contributed by atoms with E-state index in [0.29, 0.717) is 10.7 Å². The lowest BCUT2D eigenvalue weighted by Gasteiger charge is -2.27. The monoisotopic (exact) mass is 355 g/mol. The van der Waals surface area contributed by atoms with Crippen LogP contribution in [0.3, 0.4) is 0 Å². The van der Waals surface area contributed by atoms with E-state index in [2.05, 4.69) is 0 Å². The molecule has 3 aliphatic rings. The largest absolute Gasteiger partial charge is 0.367 e. The molecule has 1 unspecified atom stereocenters. The van der Waals surface area contributed by atoms with E-state index < -0.39 is 23.0 Å². The molecule has 4 atom stereocenters. The third kappa shape index (κ3) is 1.76. The highest BCUT2D eigenvalue weighted by Crippen LogP contribution is 2.61. The summed E-state index contributed by atoms with van der Waals surface area (Å²) < 4.78 is 6.16. The molecular weight excluding hydrogens is 338 g/mol. The third-order valence-corrected chi connectivity index (χ3v) is 6.62. The lowest BCUT2D eigenvalue weighted by Crippen LogP contribution is -2.40. The predicted octanol–water partition coefficient (Wildman–Crippen LogP) is 3.94. The first-order valence-corrected chi connectivity index (χ1v) is 8.99. The van der Waals surface area contributed by atoms with Crippen molar-refractivity contribution in [2.45, 2.75) is 37.9 Å². The number of amides is 2. The van der Waals surface area contributed by atoms with Gasteiger partial charge in [-0.1, -0.05) is 35.9 Å². The fourth-order valence-electron chi connectivity index (χ4n) is 5.16. The number of carbonyl (C=O) groups is 2. The molecule has 5 heteroatoms. The highest BCUT2D eigenvalue weighted by Gasteiger charge is 2.72. The summed E-state index contributed by atoms with van der Waals surface area (Å²) in [4.78, 5) is 27.9. The summed E-state index contributed by atoms with van der Waals surface area (Å²) in [6.07, 6.45) is 1.64. The molecule has 0 saturated carbocycles. The second-order valence-corrected chi connectivity index (χ2v) is 8.21. The van der Waals surface area contributed by atoms with Crippen molar-refractivity contribution in [3.63, 3.8) is 0 Å². The average molecular weight is 356 g/mol. The second-order valence-electron chi connectivity index (χ2n) is 7.81. The van der Waals surface area contributed by atoms with Gasteiger partial charge in [0.15, 0.2) is 0 Å². The summed E-state index contributed by atoms with van der Waals surface area (Å²) in [7, 11) is 0. The maximum atomic E-state index is 13.3. The summed E-state index contributed by atoms with van der Waals surface area (Å²) in [5, 5.41) is 2.28. The molecule has 25 heavy (non-hydrogen) atoms. The molecule has 128 valence electrons. The Bertz CT molecular complexity index is 923. The van der Waals surface area contributed by atoms with Gasteiger partial charge in [0.05, 0.1) is 28.7 Å². The van der Waals surface area contributed by atoms with E-state index in [-0.39, 0.29) is 11.8 Å². The van der Waals surface area contributed by atoms with Gasteiger partial charge in [0.2, 0.25) is 11.8 Å². The summed E-state index contributed by atoms with van der Waals surface area (Å²) in [5.41, 5.74) is -0.456. The molecule has 2 bridgehead atoms. The summed E-state index contributed by atoms with van der Waals surface area (Å²) in [6.45, 7) is 3.94. The first-order chi connectivity index (χ1) is 11.9. The number of hydrogen-bond donors (Lipinski definition) is 0. The van der Waals surface area contributed by atoms with E-state index in [1.165, 1.54) is 4.90 Å². The van der Waals surface area contributed by atoms with Gasteiger partial charge in [0, 0.05) is 15.8 Å². The van der Waals surface area contributed by atoms with Crippen LogP contribution in [-0.2, 0) is 14.3 Å². The Morgan fingerprint density at radius 3 is 2.16 bits per heavy atom. The number of halogens is 1. The van der Waals surface area contributed by atoms with Gasteiger partial charge >= 0.3 is 0 Å². The van der Waals surface area contributed by atoms with Crippen LogP contribution >= 0.6 is 11.6 Å². The zero-order valence-corrected chi connectivity index (χ0v) is 14.8. The molecule has 2 aromatic rings. The normalized spacial score (nSPS) is 36.5. The van der Waals surface area contributed by atoms with Crippen molar-refractivity contribution in [3.05, 3.63) is 41.4 Å². The Kier molecular flexibility index (Phi) is 2.84. The lowest BCUT2D eigenvalue weighted by molar-refractivity contribution is -0.129. The van der Waals surface area contributed by atoms with Crippen molar-refractivity contribution in [2.75, 3.05) is 4.90 Å². The lowest BCUT2D eigenvalue weighted by atomic mass is 9.69. The predicted molar refractivity (Wildman–Crippen MR) is 95.6 cm³/mol. The fourth-order valence-corrected chi connectivity index (χ4v) is 5.39. The van der Waals surface area contributed by atoms with Crippen molar-refractivity contribution in [1.82, 2.24) is 0 Å². The summed E-state index contributed by atoms with van der Waals surface area (Å²) >= 11 is 6.30. The van der Waals surface area contributed by atoms with Crippen molar-refractivity contribution in [1.29, 1.82) is 0 Å². The number of carbonyl (C=O) groups excluding carboxylic acids is 2. The number of rotatable bonds is 1. The van der Waals surface area contributed by atoms with E-state index >= 15 is 0 Å². The Balaban J connectivity index is 1.69. The molecular formula is C20H18ClNO3. The van der Waals surface area contributed by atoms with Gasteiger partial charge in [-0.05, 0) is 38.8 Å². The molecule has 3 fully saturated rings. The molecule has 0 spiro atoms. The minimum absolute atomic E-state index is 0.145. The molecule has 2 amide bonds. The number of anilines is 1. The topological polar surface area (TPSA) is 46.6 Å². The zero-order chi connectivity index (χ0) is 17.6. The number of fused-ring (bicyclic) bond motifs is 6. The van der Waals surface area contributed by atoms with Crippen LogP contribution in [-0.4, -0.2) is 23.0 Å². The highest BCUT2D eigenvalue weighted by atomic mass is 35.5. The van der Waals surface area contributed by atoms with Crippen LogP contribution in [0.25, 0.3) is 10.8 Å². The number of benzene rings is 2. The van der Waals surface area contributed by atoms with E-state index in [4.69, 9.17) is 16.3 Å². The number of imide groups is 1. The SMILES string of the molecule is C[C@]12CC[C@](C)(O1)C1C(=O)N(c3cccc4c(Cl)cccc34)C(=O)[C@@H]12. The molecule has 0 aromatic heterocycles. The third-order valence-electron chi connectivity index (χ3n) is 6.29. The van der Waals surface area contributed by atoms with Gasteiger partial charge < -0.3 is 4.74 Å². The van der Waals surface area contributed by atoms with Gasteiger partial charge in [-0.15, -0.1) is 0 Å². The Morgan fingerprint density at radius 1 is 0.960 bits per heavy atom. The Hall–Kier alpha value is -1.91. The smallest absolute Gasteiger partial charge is 0.240 e. The van der Waals surface area contributed by atoms with E-state index in [9.17, 15) is 9.59 Å². The minimum atomic E-state index is -0.539. The summed E-state index contributed by atoms with van der Waals surface area (Å²) in [5.74, 6) is -1.08. The molecule has 0 aliphatic carbocycles. The molecule has 2 aromatic carbocycles. The number of ether oxygens (including phenoxy) is 1. The van der Waals surface area contributed by atoms with E-state index in [1.54, 1.807) is 0 Å². The van der Waals surface area contributed by atoms with Crippen LogP contribution in [0, 0.1) is 11.8 Å². The molecule has 3 heterocycles. The highest BCUT2D eigenvalue weighted by molar-refractivity contribution is 6.36. The van der Waals surface area contributed by atoms with E-state index in [1.807, 2.05) is 50.2 Å². The van der Waals surface area contributed by atoms with Crippen LogP contribution in [0.4, 0.5) is 5.69 Å². The first-order valence-electron chi connectivity index (χ1n) is 8.61. The van der Waals surface area contributed by atoms with Gasteiger partial charge in [-0.2, -0.15) is 0 Å². The van der Waals surface area contributed by atoms with Crippen molar-refractivity contribution in [2.24, 2.45) is 11.8 Å². The van der Waals surface area contributed by atoms with Gasteiger partial charge in [-0.25, -0.2) is 4.90 Å². The molecule has 4 nitrogen and oxygen atoms in total. The van der Waals surface area contributed by atoms with Crippen molar-refractivity contribution in [3.8, 4) is 0 Å². The summed E-state index contributed by atoms with van der Waals surface area (Å²) in [6, 6.07) is 11.1. The quantitative estimate of drug-likeness (QED) is 0.728. The standard InChI is InChI=1S/C20H18ClNO3/c1-19-9-10-20(2,25-19)16-15(19)17(23)22(18(16)24)14-8-4-5-11-12(14)6-3-7-13(11)21/h3-8,15-16H,9-10H2,1-2H3/t15-,16?,19-,20+/m1/s1. The minimum Gasteiger partial charge on any atom is -0.367 e. The van der Waals surface area contributed by atoms with Gasteiger partial charge in [0.1, 0.15) is 0 Å². The molecule has 0 radical (unpaired) electrons. The molecule has 0 N–H and O–H groups in total. The van der Waals surface area contributed by atoms with Crippen LogP contribution in [0.2, 0.25) is 5.02 Å². The van der Waals surface area contributed by atoms with Crippen LogP contribution < -0.4 is 4.90 Å². The maximum Gasteiger partial charge on any atom is 0.240 e. The van der Waals surface area contributed by atoms with E-state index in [0.717, 1.165) is 23.6 Å². The zero-order valence-electron chi connectivity index (χ0n) is 14.1. The van der Waals surface area contributed by atoms with Crippen LogP contribution in [0.1, 0.15) is 26.7 Å².